The van der Waals surface area contributed by atoms with E-state index in [0.29, 0.717) is 22.1 Å². The van der Waals surface area contributed by atoms with Crippen LogP contribution in [0.2, 0.25) is 0 Å². The van der Waals surface area contributed by atoms with Gasteiger partial charge >= 0.3 is 11.9 Å². The molecule has 8 nitrogen and oxygen atoms in total. The number of esters is 2. The van der Waals surface area contributed by atoms with Crippen molar-refractivity contribution in [2.75, 3.05) is 24.9 Å². The van der Waals surface area contributed by atoms with E-state index in [1.807, 2.05) is 0 Å². The number of rotatable bonds is 6. The molecular weight excluding hydrogens is 340 g/mol. The predicted octanol–water partition coefficient (Wildman–Crippen LogP) is 1.84. The second-order valence-electron chi connectivity index (χ2n) is 5.31. The van der Waals surface area contributed by atoms with Crippen LogP contribution in [0, 0.1) is 0 Å². The lowest BCUT2D eigenvalue weighted by Gasteiger charge is -2.12. The van der Waals surface area contributed by atoms with Crippen LogP contribution in [0.1, 0.15) is 12.8 Å². The van der Waals surface area contributed by atoms with Gasteiger partial charge in [0, 0.05) is 22.1 Å². The second kappa shape index (κ2) is 8.61. The molecule has 8 heteroatoms. The van der Waals surface area contributed by atoms with Crippen molar-refractivity contribution >= 4 is 45.9 Å². The highest BCUT2D eigenvalue weighted by molar-refractivity contribution is 6.12. The number of amides is 2. The molecule has 0 heterocycles. The molecule has 0 bridgehead atoms. The Kier molecular flexibility index (Phi) is 6.26. The maximum absolute atomic E-state index is 11.9. The monoisotopic (exact) mass is 358 g/mol. The lowest BCUT2D eigenvalue weighted by atomic mass is 10.1. The number of hydrogen-bond donors (Lipinski definition) is 2. The van der Waals surface area contributed by atoms with Gasteiger partial charge in [-0.3, -0.25) is 19.2 Å². The number of ether oxygens (including phenoxy) is 2. The van der Waals surface area contributed by atoms with Crippen LogP contribution in [-0.4, -0.2) is 38.0 Å². The first kappa shape index (κ1) is 18.9. The van der Waals surface area contributed by atoms with Gasteiger partial charge in [0.25, 0.3) is 0 Å². The van der Waals surface area contributed by atoms with Crippen LogP contribution >= 0.6 is 0 Å². The van der Waals surface area contributed by atoms with Crippen molar-refractivity contribution in [3.05, 3.63) is 36.4 Å². The van der Waals surface area contributed by atoms with Crippen LogP contribution in [-0.2, 0) is 28.7 Å². The van der Waals surface area contributed by atoms with Crippen LogP contribution < -0.4 is 10.6 Å². The topological polar surface area (TPSA) is 111 Å². The fraction of sp³-hybridized carbons (Fsp3) is 0.222. The summed E-state index contributed by atoms with van der Waals surface area (Å²) in [6, 6.07) is 10.3. The van der Waals surface area contributed by atoms with Crippen molar-refractivity contribution in [3.63, 3.8) is 0 Å². The van der Waals surface area contributed by atoms with Gasteiger partial charge in [0.1, 0.15) is 12.8 Å². The zero-order valence-electron chi connectivity index (χ0n) is 14.3. The van der Waals surface area contributed by atoms with E-state index in [-0.39, 0.29) is 0 Å². The van der Waals surface area contributed by atoms with Crippen molar-refractivity contribution in [1.29, 1.82) is 0 Å². The largest absolute Gasteiger partial charge is 0.469 e. The third-order valence-corrected chi connectivity index (χ3v) is 3.54. The summed E-state index contributed by atoms with van der Waals surface area (Å²) in [6.07, 6.45) is -0.801. The minimum absolute atomic E-state index is 0.400. The summed E-state index contributed by atoms with van der Waals surface area (Å²) in [6.45, 7) is 0. The second-order valence-corrected chi connectivity index (χ2v) is 5.31. The number of nitrogens with one attached hydrogen (secondary N) is 2. The smallest absolute Gasteiger partial charge is 0.315 e. The highest BCUT2D eigenvalue weighted by Crippen LogP contribution is 2.29. The minimum atomic E-state index is -0.640. The van der Waals surface area contributed by atoms with Crippen LogP contribution in [0.15, 0.2) is 36.4 Å². The molecule has 0 spiro atoms. The highest BCUT2D eigenvalue weighted by atomic mass is 16.5. The molecule has 136 valence electrons. The lowest BCUT2D eigenvalue weighted by Crippen LogP contribution is -2.18. The highest BCUT2D eigenvalue weighted by Gasteiger charge is 2.14. The van der Waals surface area contributed by atoms with Crippen molar-refractivity contribution in [1.82, 2.24) is 0 Å². The third kappa shape index (κ3) is 4.79. The zero-order valence-corrected chi connectivity index (χ0v) is 14.3. The standard InChI is InChI=1S/C18H18N2O6/c1-25-17(23)9-15(21)19-13-7-3-6-12-11(13)5-4-8-14(12)20-16(22)10-18(24)26-2/h3-8H,9-10H2,1-2H3,(H,19,21)(H,20,22). The van der Waals surface area contributed by atoms with Gasteiger partial charge in [-0.25, -0.2) is 0 Å². The molecule has 0 aromatic heterocycles. The van der Waals surface area contributed by atoms with Gasteiger partial charge in [0.15, 0.2) is 0 Å². The molecule has 0 aliphatic heterocycles. The van der Waals surface area contributed by atoms with E-state index in [9.17, 15) is 19.2 Å². The Morgan fingerprint density at radius 3 is 1.46 bits per heavy atom. The van der Waals surface area contributed by atoms with Crippen LogP contribution in [0.3, 0.4) is 0 Å². The average Bonchev–Trinajstić information content (AvgIpc) is 2.62. The van der Waals surface area contributed by atoms with E-state index in [4.69, 9.17) is 0 Å². The molecule has 0 aliphatic rings. The van der Waals surface area contributed by atoms with E-state index < -0.39 is 36.6 Å². The van der Waals surface area contributed by atoms with E-state index >= 15 is 0 Å². The first-order chi connectivity index (χ1) is 12.4. The van der Waals surface area contributed by atoms with E-state index in [0.717, 1.165) is 0 Å². The van der Waals surface area contributed by atoms with Crippen molar-refractivity contribution in [3.8, 4) is 0 Å². The number of carbonyl (C=O) groups excluding carboxylic acids is 4. The van der Waals surface area contributed by atoms with Gasteiger partial charge in [-0.1, -0.05) is 24.3 Å². The molecule has 2 amide bonds. The van der Waals surface area contributed by atoms with E-state index in [1.54, 1.807) is 36.4 Å². The Balaban J connectivity index is 2.25. The molecule has 0 aliphatic carbocycles. The normalized spacial score (nSPS) is 10.1. The Bertz CT molecular complexity index is 791. The van der Waals surface area contributed by atoms with Gasteiger partial charge < -0.3 is 20.1 Å². The van der Waals surface area contributed by atoms with Crippen molar-refractivity contribution < 1.29 is 28.7 Å². The van der Waals surface area contributed by atoms with Gasteiger partial charge in [-0.15, -0.1) is 0 Å². The van der Waals surface area contributed by atoms with Crippen LogP contribution in [0.25, 0.3) is 10.8 Å². The number of anilines is 2. The number of methoxy groups -OCH3 is 2. The summed E-state index contributed by atoms with van der Waals surface area (Å²) in [7, 11) is 2.41. The van der Waals surface area contributed by atoms with E-state index in [1.165, 1.54) is 14.2 Å². The fourth-order valence-corrected chi connectivity index (χ4v) is 2.32. The maximum Gasteiger partial charge on any atom is 0.315 e. The first-order valence-corrected chi connectivity index (χ1v) is 7.69. The molecule has 0 fully saturated rings. The summed E-state index contributed by atoms with van der Waals surface area (Å²) in [5.74, 6) is -2.30. The SMILES string of the molecule is COC(=O)CC(=O)Nc1cccc2c(NC(=O)CC(=O)OC)cccc12. The molecule has 26 heavy (non-hydrogen) atoms. The third-order valence-electron chi connectivity index (χ3n) is 3.54. The van der Waals surface area contributed by atoms with E-state index in [2.05, 4.69) is 20.1 Å². The molecule has 2 N–H and O–H groups in total. The molecule has 2 rings (SSSR count). The van der Waals surface area contributed by atoms with Gasteiger partial charge in [0.2, 0.25) is 11.8 Å². The van der Waals surface area contributed by atoms with Crippen molar-refractivity contribution in [2.45, 2.75) is 12.8 Å². The van der Waals surface area contributed by atoms with Crippen LogP contribution in [0.5, 0.6) is 0 Å². The first-order valence-electron chi connectivity index (χ1n) is 7.69. The Morgan fingerprint density at radius 2 is 1.12 bits per heavy atom. The molecule has 0 saturated heterocycles. The number of hydrogen-bond acceptors (Lipinski definition) is 6. The molecule has 0 radical (unpaired) electrons. The zero-order chi connectivity index (χ0) is 19.1. The van der Waals surface area contributed by atoms with Crippen LogP contribution in [0.4, 0.5) is 11.4 Å². The number of fused-ring (bicyclic) bond motifs is 1. The summed E-state index contributed by atoms with van der Waals surface area (Å²) >= 11 is 0. The Hall–Kier alpha value is -3.42. The van der Waals surface area contributed by atoms with Gasteiger partial charge in [0.05, 0.1) is 14.2 Å². The summed E-state index contributed by atoms with van der Waals surface area (Å²) in [5.41, 5.74) is 0.973. The quantitative estimate of drug-likeness (QED) is 0.602. The van der Waals surface area contributed by atoms with Gasteiger partial charge in [-0.2, -0.15) is 0 Å². The fourth-order valence-electron chi connectivity index (χ4n) is 2.32. The van der Waals surface area contributed by atoms with Crippen molar-refractivity contribution in [2.24, 2.45) is 0 Å². The average molecular weight is 358 g/mol. The maximum atomic E-state index is 11.9. The molecule has 0 atom stereocenters. The molecule has 2 aromatic carbocycles. The summed E-state index contributed by atoms with van der Waals surface area (Å²) < 4.78 is 8.93. The molecule has 2 aromatic rings. The molecular formula is C18H18N2O6. The Labute approximate surface area is 149 Å². The molecule has 0 saturated carbocycles. The minimum Gasteiger partial charge on any atom is -0.469 e. The number of benzene rings is 2. The predicted molar refractivity (Wildman–Crippen MR) is 94.5 cm³/mol. The number of carbonyl (C=O) groups is 4. The Morgan fingerprint density at radius 1 is 0.731 bits per heavy atom. The van der Waals surface area contributed by atoms with Gasteiger partial charge in [-0.05, 0) is 12.1 Å². The summed E-state index contributed by atoms with van der Waals surface area (Å²) in [5, 5.41) is 6.63. The lowest BCUT2D eigenvalue weighted by molar-refractivity contribution is -0.144. The molecule has 0 unspecified atom stereocenters. The summed E-state index contributed by atoms with van der Waals surface area (Å²) in [4.78, 5) is 46.2.